The molecule has 1 aromatic carbocycles. The predicted octanol–water partition coefficient (Wildman–Crippen LogP) is 3.05. The molecule has 1 heterocycles. The Bertz CT molecular complexity index is 666. The molecule has 20 heavy (non-hydrogen) atoms. The molecule has 8 heteroatoms. The van der Waals surface area contributed by atoms with Crippen LogP contribution in [0.25, 0.3) is 0 Å². The van der Waals surface area contributed by atoms with Gasteiger partial charge in [-0.15, -0.1) is 0 Å². The van der Waals surface area contributed by atoms with Gasteiger partial charge in [0, 0.05) is 17.0 Å². The maximum absolute atomic E-state index is 10.8. The number of nitro benzene ring substituents is 1. The average molecular weight is 295 g/mol. The minimum atomic E-state index is -1.15. The Morgan fingerprint density at radius 1 is 1.40 bits per heavy atom. The molecule has 0 saturated heterocycles. The van der Waals surface area contributed by atoms with Gasteiger partial charge >= 0.3 is 11.7 Å². The van der Waals surface area contributed by atoms with E-state index in [1.165, 1.54) is 37.4 Å². The van der Waals surface area contributed by atoms with Crippen LogP contribution in [0.3, 0.4) is 0 Å². The van der Waals surface area contributed by atoms with Gasteiger partial charge in [-0.25, -0.2) is 4.79 Å². The summed E-state index contributed by atoms with van der Waals surface area (Å²) in [6, 6.07) is 7.21. The topological polar surface area (TPSA) is 103 Å². The van der Waals surface area contributed by atoms with Gasteiger partial charge in [-0.1, -0.05) is 11.8 Å². The van der Waals surface area contributed by atoms with Crippen molar-refractivity contribution < 1.29 is 24.0 Å². The first-order chi connectivity index (χ1) is 9.51. The van der Waals surface area contributed by atoms with Gasteiger partial charge in [-0.05, 0) is 18.2 Å². The number of ether oxygens (including phenoxy) is 1. The first kappa shape index (κ1) is 13.9. The van der Waals surface area contributed by atoms with E-state index in [0.29, 0.717) is 9.99 Å². The summed E-state index contributed by atoms with van der Waals surface area (Å²) in [5.41, 5.74) is -0.137. The van der Waals surface area contributed by atoms with Crippen LogP contribution < -0.4 is 4.74 Å². The summed E-state index contributed by atoms with van der Waals surface area (Å²) in [6.45, 7) is 0. The van der Waals surface area contributed by atoms with E-state index in [4.69, 9.17) is 14.3 Å². The molecule has 0 unspecified atom stereocenters. The van der Waals surface area contributed by atoms with Gasteiger partial charge in [0.2, 0.25) is 5.76 Å². The maximum Gasteiger partial charge on any atom is 0.371 e. The van der Waals surface area contributed by atoms with Crippen LogP contribution in [0.4, 0.5) is 5.69 Å². The molecule has 0 radical (unpaired) electrons. The number of benzene rings is 1. The van der Waals surface area contributed by atoms with Crippen LogP contribution in [-0.4, -0.2) is 23.1 Å². The number of hydrogen-bond acceptors (Lipinski definition) is 6. The fraction of sp³-hybridized carbons (Fsp3) is 0.0833. The Kier molecular flexibility index (Phi) is 3.94. The number of nitrogens with zero attached hydrogens (tertiary/aromatic N) is 1. The Morgan fingerprint density at radius 3 is 2.70 bits per heavy atom. The zero-order valence-electron chi connectivity index (χ0n) is 10.2. The van der Waals surface area contributed by atoms with Crippen molar-refractivity contribution in [3.8, 4) is 5.75 Å². The molecule has 0 aliphatic carbocycles. The van der Waals surface area contributed by atoms with Crippen molar-refractivity contribution in [2.24, 2.45) is 0 Å². The Balaban J connectivity index is 2.25. The minimum absolute atomic E-state index is 0.130. The van der Waals surface area contributed by atoms with E-state index in [-0.39, 0.29) is 17.2 Å². The van der Waals surface area contributed by atoms with Gasteiger partial charge in [0.25, 0.3) is 0 Å². The fourth-order valence-electron chi connectivity index (χ4n) is 1.48. The molecule has 0 aliphatic heterocycles. The third kappa shape index (κ3) is 2.91. The normalized spacial score (nSPS) is 10.2. The van der Waals surface area contributed by atoms with Crippen molar-refractivity contribution in [1.29, 1.82) is 0 Å². The summed E-state index contributed by atoms with van der Waals surface area (Å²) in [6.07, 6.45) is 0. The molecule has 0 spiro atoms. The number of carbonyl (C=O) groups is 1. The highest BCUT2D eigenvalue weighted by molar-refractivity contribution is 7.99. The number of furan rings is 1. The second-order valence-corrected chi connectivity index (χ2v) is 4.69. The summed E-state index contributed by atoms with van der Waals surface area (Å²) >= 11 is 1.14. The molecule has 2 aromatic rings. The molecule has 0 fully saturated rings. The monoisotopic (exact) mass is 295 g/mol. The molecule has 104 valence electrons. The number of nitro groups is 1. The fourth-order valence-corrected chi connectivity index (χ4v) is 2.28. The van der Waals surface area contributed by atoms with E-state index < -0.39 is 10.9 Å². The first-order valence-corrected chi connectivity index (χ1v) is 6.16. The lowest BCUT2D eigenvalue weighted by Crippen LogP contribution is -1.93. The van der Waals surface area contributed by atoms with Gasteiger partial charge in [0.1, 0.15) is 0 Å². The van der Waals surface area contributed by atoms with Crippen LogP contribution in [-0.2, 0) is 0 Å². The minimum Gasteiger partial charge on any atom is -0.490 e. The highest BCUT2D eigenvalue weighted by Crippen LogP contribution is 2.35. The zero-order valence-corrected chi connectivity index (χ0v) is 11.0. The molecule has 1 aromatic heterocycles. The van der Waals surface area contributed by atoms with Crippen molar-refractivity contribution >= 4 is 23.4 Å². The molecule has 7 nitrogen and oxygen atoms in total. The molecule has 0 saturated carbocycles. The van der Waals surface area contributed by atoms with Crippen molar-refractivity contribution in [3.63, 3.8) is 0 Å². The Labute approximate surface area is 117 Å². The lowest BCUT2D eigenvalue weighted by molar-refractivity contribution is -0.385. The Hall–Kier alpha value is -2.48. The van der Waals surface area contributed by atoms with E-state index in [1.54, 1.807) is 0 Å². The molecular formula is C12H9NO6S. The van der Waals surface area contributed by atoms with Crippen LogP contribution in [0, 0.1) is 10.1 Å². The van der Waals surface area contributed by atoms with Crippen LogP contribution >= 0.6 is 11.8 Å². The predicted molar refractivity (Wildman–Crippen MR) is 69.4 cm³/mol. The van der Waals surface area contributed by atoms with E-state index in [1.807, 2.05) is 0 Å². The van der Waals surface area contributed by atoms with Crippen molar-refractivity contribution in [3.05, 3.63) is 46.2 Å². The zero-order chi connectivity index (χ0) is 14.7. The number of rotatable bonds is 5. The van der Waals surface area contributed by atoms with Gasteiger partial charge in [-0.2, -0.15) is 0 Å². The van der Waals surface area contributed by atoms with E-state index in [9.17, 15) is 14.9 Å². The van der Waals surface area contributed by atoms with Gasteiger partial charge in [-0.3, -0.25) is 10.1 Å². The third-order valence-corrected chi connectivity index (χ3v) is 3.27. The summed E-state index contributed by atoms with van der Waals surface area (Å²) in [5.74, 6) is -1.19. The van der Waals surface area contributed by atoms with Crippen molar-refractivity contribution in [2.75, 3.05) is 7.11 Å². The van der Waals surface area contributed by atoms with Crippen LogP contribution in [0.15, 0.2) is 44.7 Å². The van der Waals surface area contributed by atoms with E-state index in [0.717, 1.165) is 11.8 Å². The Morgan fingerprint density at radius 2 is 2.15 bits per heavy atom. The number of aromatic carboxylic acids is 1. The largest absolute Gasteiger partial charge is 0.490 e. The standard InChI is InChI=1S/C12H9NO6S/c1-18-10-6-7(2-3-8(10)13(16)17)20-11-5-4-9(19-11)12(14)15/h2-6H,1H3,(H,14,15). The van der Waals surface area contributed by atoms with Crippen molar-refractivity contribution in [2.45, 2.75) is 9.99 Å². The molecule has 1 N–H and O–H groups in total. The molecule has 0 aliphatic rings. The van der Waals surface area contributed by atoms with Crippen molar-refractivity contribution in [1.82, 2.24) is 0 Å². The van der Waals surface area contributed by atoms with E-state index >= 15 is 0 Å². The second-order valence-electron chi connectivity index (χ2n) is 3.62. The number of hydrogen-bond donors (Lipinski definition) is 1. The molecule has 0 amide bonds. The second kappa shape index (κ2) is 5.66. The summed E-state index contributed by atoms with van der Waals surface area (Å²) in [4.78, 5) is 21.6. The third-order valence-electron chi connectivity index (χ3n) is 2.36. The van der Waals surface area contributed by atoms with Gasteiger partial charge in [0.05, 0.1) is 12.0 Å². The number of carboxylic acid groups (broad SMARTS) is 1. The average Bonchev–Trinajstić information content (AvgIpc) is 2.87. The smallest absolute Gasteiger partial charge is 0.371 e. The lowest BCUT2D eigenvalue weighted by atomic mass is 10.3. The SMILES string of the molecule is COc1cc(Sc2ccc(C(=O)O)o2)ccc1[N+](=O)[O-]. The lowest BCUT2D eigenvalue weighted by Gasteiger charge is -2.03. The molecule has 0 bridgehead atoms. The van der Waals surface area contributed by atoms with Crippen LogP contribution in [0.5, 0.6) is 5.75 Å². The highest BCUT2D eigenvalue weighted by atomic mass is 32.2. The quantitative estimate of drug-likeness (QED) is 0.667. The maximum atomic E-state index is 10.8. The van der Waals surface area contributed by atoms with Crippen LogP contribution in [0.2, 0.25) is 0 Å². The first-order valence-electron chi connectivity index (χ1n) is 5.34. The number of carboxylic acids is 1. The van der Waals surface area contributed by atoms with Gasteiger partial charge < -0.3 is 14.3 Å². The summed E-state index contributed by atoms with van der Waals surface area (Å²) in [7, 11) is 1.34. The van der Waals surface area contributed by atoms with Crippen LogP contribution in [0.1, 0.15) is 10.6 Å². The van der Waals surface area contributed by atoms with Gasteiger partial charge in [0.15, 0.2) is 10.8 Å². The number of methoxy groups -OCH3 is 1. The summed E-state index contributed by atoms with van der Waals surface area (Å²) < 4.78 is 10.0. The van der Waals surface area contributed by atoms with E-state index in [2.05, 4.69) is 0 Å². The summed E-state index contributed by atoms with van der Waals surface area (Å²) in [5, 5.41) is 19.9. The highest BCUT2D eigenvalue weighted by Gasteiger charge is 2.16. The molecular weight excluding hydrogens is 286 g/mol. The molecule has 2 rings (SSSR count). The molecule has 0 atom stereocenters.